The van der Waals surface area contributed by atoms with E-state index < -0.39 is 0 Å². The molecule has 0 saturated heterocycles. The highest BCUT2D eigenvalue weighted by molar-refractivity contribution is 5.91. The number of anilines is 1. The standard InChI is InChI=1S/C23H20N4O2/c28-21(13-14-22-26-23(27-29-22)20-12-6-7-15-24-20)25-19-11-5-4-10-18(19)16-17-8-2-1-3-9-17/h1-12,15H,13-14,16H2,(H,25,28). The summed E-state index contributed by atoms with van der Waals surface area (Å²) in [5.74, 6) is 0.746. The Morgan fingerprint density at radius 3 is 2.55 bits per heavy atom. The van der Waals surface area contributed by atoms with Gasteiger partial charge >= 0.3 is 0 Å². The Bertz CT molecular complexity index is 1080. The Morgan fingerprint density at radius 1 is 0.931 bits per heavy atom. The summed E-state index contributed by atoms with van der Waals surface area (Å²) in [5.41, 5.74) is 3.73. The monoisotopic (exact) mass is 384 g/mol. The van der Waals surface area contributed by atoms with Crippen LogP contribution in [0, 0.1) is 0 Å². The van der Waals surface area contributed by atoms with Crippen LogP contribution >= 0.6 is 0 Å². The van der Waals surface area contributed by atoms with Crippen LogP contribution in [0.1, 0.15) is 23.4 Å². The van der Waals surface area contributed by atoms with Gasteiger partial charge < -0.3 is 9.84 Å². The molecule has 0 bridgehead atoms. The predicted octanol–water partition coefficient (Wildman–Crippen LogP) is 4.29. The summed E-state index contributed by atoms with van der Waals surface area (Å²) in [4.78, 5) is 21.0. The molecule has 0 saturated carbocycles. The Labute approximate surface area is 168 Å². The van der Waals surface area contributed by atoms with E-state index in [0.717, 1.165) is 17.7 Å². The van der Waals surface area contributed by atoms with Crippen LogP contribution in [0.4, 0.5) is 5.69 Å². The minimum atomic E-state index is -0.0944. The second-order valence-corrected chi connectivity index (χ2v) is 6.59. The predicted molar refractivity (Wildman–Crippen MR) is 110 cm³/mol. The van der Waals surface area contributed by atoms with Gasteiger partial charge in [0.25, 0.3) is 0 Å². The fraction of sp³-hybridized carbons (Fsp3) is 0.130. The number of aryl methyl sites for hydroxylation is 1. The Hall–Kier alpha value is -3.80. The molecule has 1 amide bonds. The zero-order valence-corrected chi connectivity index (χ0v) is 15.8. The van der Waals surface area contributed by atoms with Gasteiger partial charge in [-0.1, -0.05) is 59.8 Å². The second kappa shape index (κ2) is 8.93. The first kappa shape index (κ1) is 18.6. The first-order chi connectivity index (χ1) is 14.3. The number of benzene rings is 2. The lowest BCUT2D eigenvalue weighted by Crippen LogP contribution is -2.14. The molecule has 0 unspecified atom stereocenters. The number of carbonyl (C=O) groups excluding carboxylic acids is 1. The van der Waals surface area contributed by atoms with E-state index in [1.165, 1.54) is 5.56 Å². The summed E-state index contributed by atoms with van der Waals surface area (Å²) in [6.07, 6.45) is 3.05. The average molecular weight is 384 g/mol. The molecule has 0 aliphatic rings. The van der Waals surface area contributed by atoms with Gasteiger partial charge in [0.05, 0.1) is 0 Å². The molecule has 2 aromatic heterocycles. The number of amides is 1. The highest BCUT2D eigenvalue weighted by Crippen LogP contribution is 2.20. The van der Waals surface area contributed by atoms with E-state index in [1.54, 1.807) is 6.20 Å². The van der Waals surface area contributed by atoms with Crippen molar-refractivity contribution in [1.29, 1.82) is 0 Å². The number of hydrogen-bond donors (Lipinski definition) is 1. The maximum absolute atomic E-state index is 12.5. The first-order valence-electron chi connectivity index (χ1n) is 9.43. The number of para-hydroxylation sites is 1. The van der Waals surface area contributed by atoms with Crippen LogP contribution in [-0.2, 0) is 17.6 Å². The minimum Gasteiger partial charge on any atom is -0.339 e. The Morgan fingerprint density at radius 2 is 1.72 bits per heavy atom. The van der Waals surface area contributed by atoms with Gasteiger partial charge in [0.15, 0.2) is 0 Å². The molecule has 4 aromatic rings. The van der Waals surface area contributed by atoms with E-state index in [-0.39, 0.29) is 12.3 Å². The van der Waals surface area contributed by atoms with E-state index in [1.807, 2.05) is 60.7 Å². The van der Waals surface area contributed by atoms with Crippen molar-refractivity contribution < 1.29 is 9.32 Å². The summed E-state index contributed by atoms with van der Waals surface area (Å²) in [6.45, 7) is 0. The summed E-state index contributed by atoms with van der Waals surface area (Å²) in [7, 11) is 0. The lowest BCUT2D eigenvalue weighted by Gasteiger charge is -2.11. The Balaban J connectivity index is 1.36. The summed E-state index contributed by atoms with van der Waals surface area (Å²) < 4.78 is 5.24. The Kier molecular flexibility index (Phi) is 5.71. The molecule has 0 spiro atoms. The van der Waals surface area contributed by atoms with Gasteiger partial charge in [0.2, 0.25) is 17.6 Å². The summed E-state index contributed by atoms with van der Waals surface area (Å²) in [6, 6.07) is 23.5. The van der Waals surface area contributed by atoms with Crippen molar-refractivity contribution in [1.82, 2.24) is 15.1 Å². The number of carbonyl (C=O) groups is 1. The fourth-order valence-corrected chi connectivity index (χ4v) is 3.00. The van der Waals surface area contributed by atoms with Crippen molar-refractivity contribution in [2.24, 2.45) is 0 Å². The fourth-order valence-electron chi connectivity index (χ4n) is 3.00. The maximum atomic E-state index is 12.5. The van der Waals surface area contributed by atoms with Crippen molar-refractivity contribution >= 4 is 11.6 Å². The van der Waals surface area contributed by atoms with E-state index in [2.05, 4.69) is 32.6 Å². The number of nitrogens with zero attached hydrogens (tertiary/aromatic N) is 3. The highest BCUT2D eigenvalue weighted by Gasteiger charge is 2.12. The molecule has 6 heteroatoms. The zero-order chi connectivity index (χ0) is 19.9. The zero-order valence-electron chi connectivity index (χ0n) is 15.8. The van der Waals surface area contributed by atoms with Crippen LogP contribution in [0.3, 0.4) is 0 Å². The van der Waals surface area contributed by atoms with Crippen LogP contribution in [0.2, 0.25) is 0 Å². The van der Waals surface area contributed by atoms with Crippen LogP contribution in [0.15, 0.2) is 83.5 Å². The number of aromatic nitrogens is 3. The number of nitrogens with one attached hydrogen (secondary N) is 1. The molecule has 144 valence electrons. The van der Waals surface area contributed by atoms with Crippen molar-refractivity contribution in [2.45, 2.75) is 19.3 Å². The van der Waals surface area contributed by atoms with Crippen molar-refractivity contribution in [3.63, 3.8) is 0 Å². The van der Waals surface area contributed by atoms with E-state index in [4.69, 9.17) is 4.52 Å². The van der Waals surface area contributed by atoms with Crippen LogP contribution < -0.4 is 5.32 Å². The third-order valence-corrected chi connectivity index (χ3v) is 4.46. The van der Waals surface area contributed by atoms with Gasteiger partial charge in [-0.05, 0) is 35.7 Å². The molecular formula is C23H20N4O2. The summed E-state index contributed by atoms with van der Waals surface area (Å²) >= 11 is 0. The van der Waals surface area contributed by atoms with E-state index >= 15 is 0 Å². The molecule has 0 aliphatic carbocycles. The molecule has 0 aliphatic heterocycles. The molecule has 2 heterocycles. The van der Waals surface area contributed by atoms with Gasteiger partial charge in [0, 0.05) is 24.7 Å². The third kappa shape index (κ3) is 4.93. The van der Waals surface area contributed by atoms with Crippen LogP contribution in [0.25, 0.3) is 11.5 Å². The molecule has 0 atom stereocenters. The largest absolute Gasteiger partial charge is 0.339 e. The molecule has 29 heavy (non-hydrogen) atoms. The normalized spacial score (nSPS) is 10.6. The molecule has 0 fully saturated rings. The number of hydrogen-bond acceptors (Lipinski definition) is 5. The molecular weight excluding hydrogens is 364 g/mol. The second-order valence-electron chi connectivity index (χ2n) is 6.59. The number of rotatable bonds is 7. The molecule has 6 nitrogen and oxygen atoms in total. The van der Waals surface area contributed by atoms with Crippen LogP contribution in [0.5, 0.6) is 0 Å². The number of pyridine rings is 1. The lowest BCUT2D eigenvalue weighted by atomic mass is 10.0. The molecule has 4 rings (SSSR count). The van der Waals surface area contributed by atoms with Crippen molar-refractivity contribution in [3.05, 3.63) is 96.0 Å². The molecule has 1 N–H and O–H groups in total. The molecule has 0 radical (unpaired) electrons. The third-order valence-electron chi connectivity index (χ3n) is 4.46. The summed E-state index contributed by atoms with van der Waals surface area (Å²) in [5, 5.41) is 6.93. The van der Waals surface area contributed by atoms with Gasteiger partial charge in [-0.2, -0.15) is 4.98 Å². The van der Waals surface area contributed by atoms with Gasteiger partial charge in [-0.25, -0.2) is 0 Å². The topological polar surface area (TPSA) is 80.9 Å². The van der Waals surface area contributed by atoms with Gasteiger partial charge in [0.1, 0.15) is 5.69 Å². The average Bonchev–Trinajstić information content (AvgIpc) is 3.24. The lowest BCUT2D eigenvalue weighted by molar-refractivity contribution is -0.116. The van der Waals surface area contributed by atoms with E-state index in [9.17, 15) is 4.79 Å². The van der Waals surface area contributed by atoms with Crippen molar-refractivity contribution in [3.8, 4) is 11.5 Å². The van der Waals surface area contributed by atoms with E-state index in [0.29, 0.717) is 23.8 Å². The first-order valence-corrected chi connectivity index (χ1v) is 9.43. The van der Waals surface area contributed by atoms with Gasteiger partial charge in [-0.15, -0.1) is 0 Å². The quantitative estimate of drug-likeness (QED) is 0.514. The smallest absolute Gasteiger partial charge is 0.227 e. The SMILES string of the molecule is O=C(CCc1nc(-c2ccccn2)no1)Nc1ccccc1Cc1ccccc1. The minimum absolute atomic E-state index is 0.0944. The van der Waals surface area contributed by atoms with Crippen LogP contribution in [-0.4, -0.2) is 21.0 Å². The maximum Gasteiger partial charge on any atom is 0.227 e. The highest BCUT2D eigenvalue weighted by atomic mass is 16.5. The molecule has 2 aromatic carbocycles. The van der Waals surface area contributed by atoms with Crippen molar-refractivity contribution in [2.75, 3.05) is 5.32 Å². The van der Waals surface area contributed by atoms with Gasteiger partial charge in [-0.3, -0.25) is 9.78 Å².